The van der Waals surface area contributed by atoms with Gasteiger partial charge in [0, 0.05) is 10.9 Å². The van der Waals surface area contributed by atoms with Gasteiger partial charge < -0.3 is 9.15 Å². The number of furan rings is 1. The summed E-state index contributed by atoms with van der Waals surface area (Å²) in [6, 6.07) is 14.0. The maximum Gasteiger partial charge on any atom is 0.134 e. The molecule has 1 aromatic heterocycles. The number of para-hydroxylation sites is 1. The predicted molar refractivity (Wildman–Crippen MR) is 79.4 cm³/mol. The zero-order valence-corrected chi connectivity index (χ0v) is 12.1. The Kier molecular flexibility index (Phi) is 3.30. The number of halogens is 1. The first-order chi connectivity index (χ1) is 9.24. The third-order valence-electron chi connectivity index (χ3n) is 3.03. The Morgan fingerprint density at radius 2 is 2.00 bits per heavy atom. The second kappa shape index (κ2) is 5.10. The molecular weight excluding hydrogens is 304 g/mol. The van der Waals surface area contributed by atoms with Crippen molar-refractivity contribution < 1.29 is 9.15 Å². The highest BCUT2D eigenvalue weighted by atomic mass is 79.9. The van der Waals surface area contributed by atoms with Crippen molar-refractivity contribution >= 4 is 26.9 Å². The van der Waals surface area contributed by atoms with Crippen molar-refractivity contribution in [1.29, 1.82) is 0 Å². The molecule has 96 valence electrons. The first-order valence-electron chi connectivity index (χ1n) is 6.08. The van der Waals surface area contributed by atoms with E-state index in [4.69, 9.17) is 9.15 Å². The van der Waals surface area contributed by atoms with Crippen LogP contribution in [0, 0.1) is 6.92 Å². The van der Waals surface area contributed by atoms with Gasteiger partial charge in [0.1, 0.15) is 17.9 Å². The van der Waals surface area contributed by atoms with Gasteiger partial charge in [-0.05, 0) is 47.1 Å². The number of hydrogen-bond donors (Lipinski definition) is 0. The summed E-state index contributed by atoms with van der Waals surface area (Å²) in [7, 11) is 0. The minimum absolute atomic E-state index is 0.499. The summed E-state index contributed by atoms with van der Waals surface area (Å²) in [5.41, 5.74) is 3.18. The largest absolute Gasteiger partial charge is 0.488 e. The van der Waals surface area contributed by atoms with Gasteiger partial charge >= 0.3 is 0 Å². The zero-order valence-electron chi connectivity index (χ0n) is 10.5. The van der Waals surface area contributed by atoms with E-state index in [2.05, 4.69) is 28.9 Å². The molecule has 3 aromatic rings. The number of benzene rings is 2. The Labute approximate surface area is 120 Å². The van der Waals surface area contributed by atoms with Crippen molar-refractivity contribution in [2.75, 3.05) is 0 Å². The molecule has 0 amide bonds. The Morgan fingerprint density at radius 1 is 1.16 bits per heavy atom. The van der Waals surface area contributed by atoms with E-state index >= 15 is 0 Å². The second-order valence-corrected chi connectivity index (χ2v) is 5.33. The normalized spacial score (nSPS) is 10.8. The molecule has 0 aliphatic carbocycles. The summed E-state index contributed by atoms with van der Waals surface area (Å²) in [6.45, 7) is 2.57. The van der Waals surface area contributed by atoms with Crippen LogP contribution in [-0.4, -0.2) is 0 Å². The van der Waals surface area contributed by atoms with Crippen LogP contribution < -0.4 is 4.74 Å². The Hall–Kier alpha value is -1.74. The van der Waals surface area contributed by atoms with Gasteiger partial charge in [-0.1, -0.05) is 23.8 Å². The lowest BCUT2D eigenvalue weighted by Gasteiger charge is -2.06. The van der Waals surface area contributed by atoms with Gasteiger partial charge in [-0.15, -0.1) is 0 Å². The fourth-order valence-electron chi connectivity index (χ4n) is 2.02. The maximum atomic E-state index is 5.82. The average Bonchev–Trinajstić information content (AvgIpc) is 2.80. The van der Waals surface area contributed by atoms with E-state index in [1.54, 1.807) is 6.26 Å². The van der Waals surface area contributed by atoms with Crippen LogP contribution in [0.1, 0.15) is 11.1 Å². The molecule has 1 heterocycles. The van der Waals surface area contributed by atoms with E-state index in [9.17, 15) is 0 Å². The number of hydrogen-bond acceptors (Lipinski definition) is 2. The SMILES string of the molecule is Cc1ccc2occ(COc3ccccc3Br)c2c1. The fourth-order valence-corrected chi connectivity index (χ4v) is 2.42. The maximum absolute atomic E-state index is 5.82. The van der Waals surface area contributed by atoms with E-state index in [1.807, 2.05) is 36.4 Å². The summed E-state index contributed by atoms with van der Waals surface area (Å²) in [5, 5.41) is 1.12. The standard InChI is InChI=1S/C16H13BrO2/c1-11-6-7-15-13(8-11)12(9-18-15)10-19-16-5-3-2-4-14(16)17/h2-9H,10H2,1H3. The van der Waals surface area contributed by atoms with Crippen molar-refractivity contribution in [2.45, 2.75) is 13.5 Å². The smallest absolute Gasteiger partial charge is 0.134 e. The van der Waals surface area contributed by atoms with Gasteiger partial charge in [0.15, 0.2) is 0 Å². The van der Waals surface area contributed by atoms with E-state index < -0.39 is 0 Å². The second-order valence-electron chi connectivity index (χ2n) is 4.48. The van der Waals surface area contributed by atoms with Crippen LogP contribution in [0.4, 0.5) is 0 Å². The van der Waals surface area contributed by atoms with E-state index in [1.165, 1.54) is 5.56 Å². The monoisotopic (exact) mass is 316 g/mol. The molecule has 2 aromatic carbocycles. The molecular formula is C16H13BrO2. The molecule has 0 aliphatic rings. The van der Waals surface area contributed by atoms with Crippen LogP contribution in [0.15, 0.2) is 57.6 Å². The first-order valence-corrected chi connectivity index (χ1v) is 6.87. The summed E-state index contributed by atoms with van der Waals surface area (Å²) < 4.78 is 12.3. The lowest BCUT2D eigenvalue weighted by Crippen LogP contribution is -1.94. The van der Waals surface area contributed by atoms with Crippen LogP contribution in [0.3, 0.4) is 0 Å². The molecule has 0 radical (unpaired) electrons. The van der Waals surface area contributed by atoms with Crippen LogP contribution in [0.25, 0.3) is 11.0 Å². The fraction of sp³-hybridized carbons (Fsp3) is 0.125. The van der Waals surface area contributed by atoms with Gasteiger partial charge in [-0.25, -0.2) is 0 Å². The van der Waals surface area contributed by atoms with Crippen molar-refractivity contribution in [3.63, 3.8) is 0 Å². The molecule has 0 atom stereocenters. The quantitative estimate of drug-likeness (QED) is 0.672. The average molecular weight is 317 g/mol. The molecule has 0 unspecified atom stereocenters. The summed E-state index contributed by atoms with van der Waals surface area (Å²) in [5.74, 6) is 0.838. The highest BCUT2D eigenvalue weighted by Gasteiger charge is 2.07. The van der Waals surface area contributed by atoms with Crippen LogP contribution in [0.5, 0.6) is 5.75 Å². The van der Waals surface area contributed by atoms with Crippen molar-refractivity contribution in [3.8, 4) is 5.75 Å². The minimum atomic E-state index is 0.499. The molecule has 0 bridgehead atoms. The molecule has 3 rings (SSSR count). The minimum Gasteiger partial charge on any atom is -0.488 e. The number of fused-ring (bicyclic) bond motifs is 1. The van der Waals surface area contributed by atoms with Crippen LogP contribution in [0.2, 0.25) is 0 Å². The highest BCUT2D eigenvalue weighted by molar-refractivity contribution is 9.10. The molecule has 2 nitrogen and oxygen atoms in total. The van der Waals surface area contributed by atoms with Crippen LogP contribution >= 0.6 is 15.9 Å². The van der Waals surface area contributed by atoms with Gasteiger partial charge in [0.25, 0.3) is 0 Å². The predicted octanol–water partition coefficient (Wildman–Crippen LogP) is 5.08. The van der Waals surface area contributed by atoms with Crippen molar-refractivity contribution in [2.24, 2.45) is 0 Å². The molecule has 0 N–H and O–H groups in total. The number of rotatable bonds is 3. The molecule has 0 saturated heterocycles. The van der Waals surface area contributed by atoms with Gasteiger partial charge in [0.2, 0.25) is 0 Å². The Balaban J connectivity index is 1.86. The van der Waals surface area contributed by atoms with E-state index in [-0.39, 0.29) is 0 Å². The number of aryl methyl sites for hydroxylation is 1. The topological polar surface area (TPSA) is 22.4 Å². The molecule has 19 heavy (non-hydrogen) atoms. The summed E-state index contributed by atoms with van der Waals surface area (Å²) in [4.78, 5) is 0. The Morgan fingerprint density at radius 3 is 2.84 bits per heavy atom. The van der Waals surface area contributed by atoms with Gasteiger partial charge in [0.05, 0.1) is 10.7 Å². The molecule has 3 heteroatoms. The molecule has 0 spiro atoms. The molecule has 0 saturated carbocycles. The summed E-state index contributed by atoms with van der Waals surface area (Å²) in [6.07, 6.45) is 1.76. The molecule has 0 fully saturated rings. The van der Waals surface area contributed by atoms with Crippen molar-refractivity contribution in [1.82, 2.24) is 0 Å². The molecule has 0 aliphatic heterocycles. The third kappa shape index (κ3) is 2.51. The lowest BCUT2D eigenvalue weighted by molar-refractivity contribution is 0.304. The van der Waals surface area contributed by atoms with Crippen LogP contribution in [-0.2, 0) is 6.61 Å². The first kappa shape index (κ1) is 12.3. The lowest BCUT2D eigenvalue weighted by atomic mass is 10.1. The zero-order chi connectivity index (χ0) is 13.2. The van der Waals surface area contributed by atoms with Gasteiger partial charge in [-0.3, -0.25) is 0 Å². The highest BCUT2D eigenvalue weighted by Crippen LogP contribution is 2.27. The van der Waals surface area contributed by atoms with Gasteiger partial charge in [-0.2, -0.15) is 0 Å². The summed E-state index contributed by atoms with van der Waals surface area (Å²) >= 11 is 3.47. The number of ether oxygens (including phenoxy) is 1. The Bertz CT molecular complexity index is 716. The van der Waals surface area contributed by atoms with Crippen molar-refractivity contribution in [3.05, 3.63) is 64.3 Å². The van der Waals surface area contributed by atoms with E-state index in [0.717, 1.165) is 26.8 Å². The third-order valence-corrected chi connectivity index (χ3v) is 3.68. The van der Waals surface area contributed by atoms with E-state index in [0.29, 0.717) is 6.61 Å².